The molecule has 136 valence electrons. The van der Waals surface area contributed by atoms with Gasteiger partial charge in [-0.2, -0.15) is 0 Å². The van der Waals surface area contributed by atoms with Crippen molar-refractivity contribution in [2.75, 3.05) is 7.11 Å². The van der Waals surface area contributed by atoms with E-state index in [2.05, 4.69) is 20.9 Å². The second kappa shape index (κ2) is 7.28. The molecule has 4 nitrogen and oxygen atoms in total. The molecule has 27 heavy (non-hydrogen) atoms. The summed E-state index contributed by atoms with van der Waals surface area (Å²) in [7, 11) is 1.55. The summed E-state index contributed by atoms with van der Waals surface area (Å²) in [4.78, 5) is 17.1. The van der Waals surface area contributed by atoms with Crippen LogP contribution in [-0.2, 0) is 9.53 Å². The van der Waals surface area contributed by atoms with E-state index in [-0.39, 0.29) is 11.6 Å². The van der Waals surface area contributed by atoms with E-state index in [0.29, 0.717) is 20.7 Å². The van der Waals surface area contributed by atoms with E-state index >= 15 is 0 Å². The number of rotatable bonds is 3. The Kier molecular flexibility index (Phi) is 4.99. The number of carbonyl (C=O) groups is 1. The third-order valence-corrected chi connectivity index (χ3v) is 6.64. The largest absolute Gasteiger partial charge is 0.495 e. The highest BCUT2D eigenvalue weighted by molar-refractivity contribution is 9.10. The summed E-state index contributed by atoms with van der Waals surface area (Å²) in [6, 6.07) is 11.1. The van der Waals surface area contributed by atoms with Crippen molar-refractivity contribution in [3.63, 3.8) is 0 Å². The van der Waals surface area contributed by atoms with Crippen LogP contribution in [0.3, 0.4) is 0 Å². The van der Waals surface area contributed by atoms with Gasteiger partial charge in [-0.05, 0) is 35.9 Å². The molecule has 0 N–H and O–H groups in total. The number of methoxy groups -OCH3 is 1. The van der Waals surface area contributed by atoms with Gasteiger partial charge < -0.3 is 9.47 Å². The second-order valence-electron chi connectivity index (χ2n) is 5.59. The maximum atomic E-state index is 12.2. The van der Waals surface area contributed by atoms with E-state index in [1.807, 2.05) is 30.3 Å². The number of hydrogen-bond acceptors (Lipinski definition) is 5. The quantitative estimate of drug-likeness (QED) is 0.324. The third kappa shape index (κ3) is 3.38. The molecule has 0 spiro atoms. The lowest BCUT2D eigenvalue weighted by Crippen LogP contribution is -2.04. The summed E-state index contributed by atoms with van der Waals surface area (Å²) in [6.45, 7) is 0. The van der Waals surface area contributed by atoms with Crippen LogP contribution in [0.1, 0.15) is 10.4 Å². The van der Waals surface area contributed by atoms with Crippen LogP contribution >= 0.6 is 50.5 Å². The van der Waals surface area contributed by atoms with Crippen LogP contribution in [0.5, 0.6) is 5.75 Å². The monoisotopic (exact) mass is 481 g/mol. The molecule has 0 aliphatic carbocycles. The van der Waals surface area contributed by atoms with Gasteiger partial charge in [-0.1, -0.05) is 51.3 Å². The first-order valence-corrected chi connectivity index (χ1v) is 10.1. The predicted molar refractivity (Wildman–Crippen MR) is 113 cm³/mol. The van der Waals surface area contributed by atoms with Gasteiger partial charge in [0.05, 0.1) is 16.8 Å². The summed E-state index contributed by atoms with van der Waals surface area (Å²) >= 11 is 17.5. The molecular formula is C19H10BrCl2NO3S. The molecule has 1 aromatic heterocycles. The molecule has 0 atom stereocenters. The van der Waals surface area contributed by atoms with Gasteiger partial charge >= 0.3 is 5.97 Å². The standard InChI is InChI=1S/C19H10BrCl2NO3S/c1-25-13-7-6-11-14(21)17(27-16(11)15(13)22)18-23-12(19(24)26-18)8-9-2-4-10(20)5-3-9/h2-8H,1H3/b12-8-. The van der Waals surface area contributed by atoms with E-state index in [9.17, 15) is 4.79 Å². The van der Waals surface area contributed by atoms with E-state index in [1.54, 1.807) is 19.3 Å². The van der Waals surface area contributed by atoms with Crippen molar-refractivity contribution in [2.24, 2.45) is 4.99 Å². The third-order valence-electron chi connectivity index (χ3n) is 3.91. The van der Waals surface area contributed by atoms with E-state index in [1.165, 1.54) is 11.3 Å². The van der Waals surface area contributed by atoms with Crippen LogP contribution in [0, 0.1) is 0 Å². The maximum absolute atomic E-state index is 12.2. The molecule has 8 heteroatoms. The average Bonchev–Trinajstić information content (AvgIpc) is 3.18. The van der Waals surface area contributed by atoms with E-state index in [0.717, 1.165) is 20.1 Å². The Labute approximate surface area is 177 Å². The second-order valence-corrected chi connectivity index (χ2v) is 8.28. The minimum atomic E-state index is -0.523. The van der Waals surface area contributed by atoms with E-state index in [4.69, 9.17) is 32.7 Å². The van der Waals surface area contributed by atoms with E-state index < -0.39 is 5.97 Å². The first kappa shape index (κ1) is 18.5. The van der Waals surface area contributed by atoms with Crippen LogP contribution in [-0.4, -0.2) is 19.0 Å². The summed E-state index contributed by atoms with van der Waals surface area (Å²) in [5.74, 6) is 0.199. The number of benzene rings is 2. The van der Waals surface area contributed by atoms with Gasteiger partial charge in [0.25, 0.3) is 0 Å². The molecule has 0 bridgehead atoms. The predicted octanol–water partition coefficient (Wildman–Crippen LogP) is 6.32. The van der Waals surface area contributed by atoms with Crippen molar-refractivity contribution in [3.05, 3.63) is 67.1 Å². The number of halogens is 3. The first-order chi connectivity index (χ1) is 13.0. The van der Waals surface area contributed by atoms with Crippen molar-refractivity contribution in [3.8, 4) is 5.75 Å². The summed E-state index contributed by atoms with van der Waals surface area (Å²) < 4.78 is 12.3. The lowest BCUT2D eigenvalue weighted by atomic mass is 10.2. The molecule has 2 aromatic carbocycles. The normalized spacial score (nSPS) is 15.3. The molecule has 0 unspecified atom stereocenters. The average molecular weight is 483 g/mol. The van der Waals surface area contributed by atoms with Gasteiger partial charge in [-0.15, -0.1) is 11.3 Å². The highest BCUT2D eigenvalue weighted by atomic mass is 79.9. The number of fused-ring (bicyclic) bond motifs is 1. The molecule has 3 aromatic rings. The smallest absolute Gasteiger partial charge is 0.363 e. The summed E-state index contributed by atoms with van der Waals surface area (Å²) in [6.07, 6.45) is 1.67. The molecule has 2 heterocycles. The Hall–Kier alpha value is -1.86. The number of ether oxygens (including phenoxy) is 2. The number of nitrogens with zero attached hydrogens (tertiary/aromatic N) is 1. The highest BCUT2D eigenvalue weighted by Gasteiger charge is 2.28. The Balaban J connectivity index is 1.77. The zero-order valence-corrected chi connectivity index (χ0v) is 17.7. The summed E-state index contributed by atoms with van der Waals surface area (Å²) in [5.41, 5.74) is 1.05. The minimum Gasteiger partial charge on any atom is -0.495 e. The fourth-order valence-electron chi connectivity index (χ4n) is 2.60. The van der Waals surface area contributed by atoms with Crippen LogP contribution in [0.15, 0.2) is 51.6 Å². The van der Waals surface area contributed by atoms with Crippen LogP contribution < -0.4 is 4.74 Å². The van der Waals surface area contributed by atoms with Gasteiger partial charge in [-0.3, -0.25) is 0 Å². The van der Waals surface area contributed by atoms with Crippen molar-refractivity contribution in [1.29, 1.82) is 0 Å². The fraction of sp³-hybridized carbons (Fsp3) is 0.0526. The summed E-state index contributed by atoms with van der Waals surface area (Å²) in [5, 5.41) is 1.66. The molecule has 1 aliphatic rings. The van der Waals surface area contributed by atoms with Crippen LogP contribution in [0.4, 0.5) is 0 Å². The topological polar surface area (TPSA) is 47.9 Å². The highest BCUT2D eigenvalue weighted by Crippen LogP contribution is 2.44. The van der Waals surface area contributed by atoms with Gasteiger partial charge in [0.2, 0.25) is 5.90 Å². The SMILES string of the molecule is COc1ccc2c(Cl)c(C3=N/C(=C\c4ccc(Br)cc4)C(=O)O3)sc2c1Cl. The molecule has 4 rings (SSSR count). The molecule has 1 aliphatic heterocycles. The molecular weight excluding hydrogens is 473 g/mol. The lowest BCUT2D eigenvalue weighted by molar-refractivity contribution is -0.129. The van der Waals surface area contributed by atoms with Gasteiger partial charge in [0, 0.05) is 9.86 Å². The Bertz CT molecular complexity index is 1140. The number of hydrogen-bond donors (Lipinski definition) is 0. The van der Waals surface area contributed by atoms with Crippen molar-refractivity contribution < 1.29 is 14.3 Å². The number of aliphatic imine (C=N–C) groups is 1. The fourth-order valence-corrected chi connectivity index (χ4v) is 4.68. The van der Waals surface area contributed by atoms with Crippen molar-refractivity contribution in [2.45, 2.75) is 0 Å². The molecule has 0 saturated heterocycles. The lowest BCUT2D eigenvalue weighted by Gasteiger charge is -2.02. The molecule has 0 fully saturated rings. The van der Waals surface area contributed by atoms with Crippen LogP contribution in [0.25, 0.3) is 16.2 Å². The number of thiophene rings is 1. The van der Waals surface area contributed by atoms with Gasteiger partial charge in [-0.25, -0.2) is 9.79 Å². The van der Waals surface area contributed by atoms with Crippen molar-refractivity contribution in [1.82, 2.24) is 0 Å². The Morgan fingerprint density at radius 2 is 1.89 bits per heavy atom. The maximum Gasteiger partial charge on any atom is 0.363 e. The molecule has 0 saturated carbocycles. The molecule has 0 amide bonds. The Morgan fingerprint density at radius 1 is 1.15 bits per heavy atom. The number of carbonyl (C=O) groups excluding carboxylic acids is 1. The zero-order valence-electron chi connectivity index (χ0n) is 13.8. The molecule has 0 radical (unpaired) electrons. The minimum absolute atomic E-state index is 0.171. The first-order valence-electron chi connectivity index (χ1n) is 7.71. The number of esters is 1. The zero-order chi connectivity index (χ0) is 19.1. The Morgan fingerprint density at radius 3 is 2.59 bits per heavy atom. The van der Waals surface area contributed by atoms with Gasteiger partial charge in [0.1, 0.15) is 15.6 Å². The van der Waals surface area contributed by atoms with Gasteiger partial charge in [0.15, 0.2) is 5.70 Å². The van der Waals surface area contributed by atoms with Crippen LogP contribution in [0.2, 0.25) is 10.0 Å². The van der Waals surface area contributed by atoms with Crippen molar-refractivity contribution >= 4 is 78.5 Å². The number of cyclic esters (lactones) is 1.